The lowest BCUT2D eigenvalue weighted by Gasteiger charge is -2.17. The Labute approximate surface area is 119 Å². The molecule has 1 unspecified atom stereocenters. The highest BCUT2D eigenvalue weighted by molar-refractivity contribution is 7.90. The molecule has 0 aliphatic carbocycles. The Hall–Kier alpha value is -1.80. The van der Waals surface area contributed by atoms with Crippen molar-refractivity contribution >= 4 is 33.6 Å². The molecule has 20 heavy (non-hydrogen) atoms. The Bertz CT molecular complexity index is 718. The highest BCUT2D eigenvalue weighted by Crippen LogP contribution is 2.32. The van der Waals surface area contributed by atoms with Crippen LogP contribution < -0.4 is 5.32 Å². The van der Waals surface area contributed by atoms with Gasteiger partial charge in [-0.15, -0.1) is 0 Å². The van der Waals surface area contributed by atoms with Crippen molar-refractivity contribution in [2.45, 2.75) is 11.0 Å². The molecule has 0 saturated carbocycles. The molecule has 0 radical (unpaired) electrons. The number of ether oxygens (including phenoxy) is 1. The topological polar surface area (TPSA) is 92.8 Å². The molecule has 2 amide bonds. The number of fused-ring (bicyclic) bond motifs is 1. The van der Waals surface area contributed by atoms with Gasteiger partial charge in [0.25, 0.3) is 15.9 Å². The van der Waals surface area contributed by atoms with Gasteiger partial charge in [0.1, 0.15) is 11.0 Å². The second-order valence-electron chi connectivity index (χ2n) is 4.39. The van der Waals surface area contributed by atoms with Crippen molar-refractivity contribution in [3.05, 3.63) is 28.8 Å². The average molecular weight is 317 g/mol. The number of amides is 2. The summed E-state index contributed by atoms with van der Waals surface area (Å²) in [5.74, 6) is -0.639. The van der Waals surface area contributed by atoms with Crippen LogP contribution in [-0.2, 0) is 14.8 Å². The van der Waals surface area contributed by atoms with E-state index < -0.39 is 28.1 Å². The van der Waals surface area contributed by atoms with E-state index in [2.05, 4.69) is 5.32 Å². The summed E-state index contributed by atoms with van der Waals surface area (Å²) in [7, 11) is -3.94. The number of halogens is 1. The van der Waals surface area contributed by atoms with Crippen LogP contribution in [-0.4, -0.2) is 43.9 Å². The summed E-state index contributed by atoms with van der Waals surface area (Å²) in [6.45, 7) is -0.0541. The third kappa shape index (κ3) is 1.92. The van der Waals surface area contributed by atoms with Gasteiger partial charge in [-0.3, -0.25) is 4.79 Å². The molecule has 3 rings (SSSR count). The number of benzene rings is 1. The van der Waals surface area contributed by atoms with E-state index in [0.717, 1.165) is 0 Å². The van der Waals surface area contributed by atoms with Crippen molar-refractivity contribution < 1.29 is 22.7 Å². The monoisotopic (exact) mass is 316 g/mol. The number of carbonyl (C=O) groups excluding carboxylic acids is 2. The van der Waals surface area contributed by atoms with Gasteiger partial charge in [0.15, 0.2) is 0 Å². The minimum absolute atomic E-state index is 0.0756. The summed E-state index contributed by atoms with van der Waals surface area (Å²) >= 11 is 5.76. The first-order chi connectivity index (χ1) is 9.39. The number of hydrogen-bond donors (Lipinski definition) is 1. The Balaban J connectivity index is 1.95. The van der Waals surface area contributed by atoms with Crippen LogP contribution >= 0.6 is 11.6 Å². The predicted octanol–water partition coefficient (Wildman–Crippen LogP) is 0.593. The second kappa shape index (κ2) is 4.35. The molecule has 7 nitrogen and oxygen atoms in total. The first-order valence-electron chi connectivity index (χ1n) is 5.71. The zero-order valence-electron chi connectivity index (χ0n) is 10.00. The highest BCUT2D eigenvalue weighted by Gasteiger charge is 2.43. The average Bonchev–Trinajstić information content (AvgIpc) is 2.86. The van der Waals surface area contributed by atoms with Crippen LogP contribution in [0.3, 0.4) is 0 Å². The molecule has 1 aromatic carbocycles. The number of alkyl carbamates (subject to hydrolysis) is 1. The minimum Gasteiger partial charge on any atom is -0.442 e. The SMILES string of the molecule is O=C1NCC(CN2C(=O)c3ccc(Cl)cc3S2(=O)=O)O1. The Morgan fingerprint density at radius 1 is 1.40 bits per heavy atom. The third-order valence-electron chi connectivity index (χ3n) is 3.09. The first-order valence-corrected chi connectivity index (χ1v) is 7.52. The van der Waals surface area contributed by atoms with Crippen LogP contribution in [0.2, 0.25) is 5.02 Å². The number of rotatable bonds is 2. The smallest absolute Gasteiger partial charge is 0.407 e. The Morgan fingerprint density at radius 2 is 2.15 bits per heavy atom. The number of nitrogens with one attached hydrogen (secondary N) is 1. The van der Waals surface area contributed by atoms with E-state index in [1.165, 1.54) is 18.2 Å². The number of carbonyl (C=O) groups is 2. The summed E-state index contributed by atoms with van der Waals surface area (Å²) < 4.78 is 30.2. The molecule has 0 bridgehead atoms. The fourth-order valence-corrected chi connectivity index (χ4v) is 4.01. The summed E-state index contributed by atoms with van der Waals surface area (Å²) in [5, 5.41) is 2.63. The predicted molar refractivity (Wildman–Crippen MR) is 67.9 cm³/mol. The van der Waals surface area contributed by atoms with Crippen LogP contribution in [0, 0.1) is 0 Å². The second-order valence-corrected chi connectivity index (χ2v) is 6.66. The number of nitrogens with zero attached hydrogens (tertiary/aromatic N) is 1. The van der Waals surface area contributed by atoms with Crippen LogP contribution in [0.15, 0.2) is 23.1 Å². The number of sulfonamides is 1. The molecule has 2 aliphatic rings. The lowest BCUT2D eigenvalue weighted by atomic mass is 10.2. The highest BCUT2D eigenvalue weighted by atomic mass is 35.5. The zero-order valence-corrected chi connectivity index (χ0v) is 11.6. The van der Waals surface area contributed by atoms with E-state index in [9.17, 15) is 18.0 Å². The molecule has 0 spiro atoms. The molecule has 2 heterocycles. The molecule has 1 atom stereocenters. The fraction of sp³-hybridized carbons (Fsp3) is 0.273. The van der Waals surface area contributed by atoms with E-state index in [1.807, 2.05) is 0 Å². The van der Waals surface area contributed by atoms with Crippen molar-refractivity contribution in [3.63, 3.8) is 0 Å². The summed E-state index contributed by atoms with van der Waals surface area (Å²) in [4.78, 5) is 22.9. The lowest BCUT2D eigenvalue weighted by molar-refractivity contribution is 0.0798. The van der Waals surface area contributed by atoms with Crippen LogP contribution in [0.5, 0.6) is 0 Å². The maximum atomic E-state index is 12.3. The molecule has 1 aromatic rings. The standard InChI is InChI=1S/C11H9ClN2O5S/c12-6-1-2-8-9(3-6)20(17,18)14(10(8)15)5-7-4-13-11(16)19-7/h1-3,7H,4-5H2,(H,13,16). The largest absolute Gasteiger partial charge is 0.442 e. The van der Waals surface area contributed by atoms with Crippen molar-refractivity contribution in [1.82, 2.24) is 9.62 Å². The lowest BCUT2D eigenvalue weighted by Crippen LogP contribution is -2.38. The molecule has 0 aromatic heterocycles. The van der Waals surface area contributed by atoms with Crippen LogP contribution in [0.25, 0.3) is 0 Å². The van der Waals surface area contributed by atoms with E-state index in [4.69, 9.17) is 16.3 Å². The minimum atomic E-state index is -3.94. The summed E-state index contributed by atoms with van der Waals surface area (Å²) in [5.41, 5.74) is 0.0756. The molecule has 1 saturated heterocycles. The van der Waals surface area contributed by atoms with Gasteiger partial charge < -0.3 is 10.1 Å². The van der Waals surface area contributed by atoms with Crippen molar-refractivity contribution in [2.24, 2.45) is 0 Å². The first kappa shape index (κ1) is 13.2. The van der Waals surface area contributed by atoms with E-state index in [0.29, 0.717) is 4.31 Å². The quantitative estimate of drug-likeness (QED) is 0.862. The zero-order chi connectivity index (χ0) is 14.5. The maximum absolute atomic E-state index is 12.3. The maximum Gasteiger partial charge on any atom is 0.407 e. The van der Waals surface area contributed by atoms with Crippen LogP contribution in [0.4, 0.5) is 4.79 Å². The fourth-order valence-electron chi connectivity index (χ4n) is 2.15. The van der Waals surface area contributed by atoms with Crippen molar-refractivity contribution in [3.8, 4) is 0 Å². The van der Waals surface area contributed by atoms with Crippen molar-refractivity contribution in [1.29, 1.82) is 0 Å². The number of hydrogen-bond acceptors (Lipinski definition) is 5. The molecule has 1 N–H and O–H groups in total. The normalized spacial score (nSPS) is 23.4. The van der Waals surface area contributed by atoms with Gasteiger partial charge in [-0.25, -0.2) is 17.5 Å². The van der Waals surface area contributed by atoms with Gasteiger partial charge in [0, 0.05) is 5.02 Å². The third-order valence-corrected chi connectivity index (χ3v) is 5.11. The van der Waals surface area contributed by atoms with Gasteiger partial charge in [0.05, 0.1) is 18.7 Å². The molecule has 2 aliphatic heterocycles. The molecule has 106 valence electrons. The van der Waals surface area contributed by atoms with E-state index >= 15 is 0 Å². The van der Waals surface area contributed by atoms with Crippen LogP contribution in [0.1, 0.15) is 10.4 Å². The van der Waals surface area contributed by atoms with E-state index in [-0.39, 0.29) is 28.6 Å². The van der Waals surface area contributed by atoms with Crippen molar-refractivity contribution in [2.75, 3.05) is 13.1 Å². The van der Waals surface area contributed by atoms with Gasteiger partial charge in [-0.2, -0.15) is 0 Å². The Morgan fingerprint density at radius 3 is 2.80 bits per heavy atom. The molecular weight excluding hydrogens is 308 g/mol. The molecule has 1 fully saturated rings. The molecule has 9 heteroatoms. The summed E-state index contributed by atoms with van der Waals surface area (Å²) in [6, 6.07) is 4.06. The van der Waals surface area contributed by atoms with Gasteiger partial charge >= 0.3 is 6.09 Å². The number of cyclic esters (lactones) is 1. The molecular formula is C11H9ClN2O5S. The Kier molecular flexibility index (Phi) is 2.87. The van der Waals surface area contributed by atoms with Gasteiger partial charge in [-0.1, -0.05) is 11.6 Å². The summed E-state index contributed by atoms with van der Waals surface area (Å²) in [6.07, 6.45) is -1.31. The van der Waals surface area contributed by atoms with E-state index in [1.54, 1.807) is 0 Å². The van der Waals surface area contributed by atoms with Gasteiger partial charge in [-0.05, 0) is 18.2 Å². The van der Waals surface area contributed by atoms with Gasteiger partial charge in [0.2, 0.25) is 0 Å².